The molecule has 4 rings (SSSR count). The molecule has 24 heavy (non-hydrogen) atoms. The molecule has 0 spiro atoms. The molecule has 1 amide bonds. The number of aromatic nitrogens is 2. The maximum atomic E-state index is 12.9. The molecule has 1 aliphatic heterocycles. The van der Waals surface area contributed by atoms with Crippen LogP contribution < -0.4 is 5.32 Å². The number of rotatable bonds is 4. The van der Waals surface area contributed by atoms with E-state index in [0.29, 0.717) is 12.6 Å². The maximum absolute atomic E-state index is 12.9. The van der Waals surface area contributed by atoms with Crippen LogP contribution in [0.3, 0.4) is 0 Å². The summed E-state index contributed by atoms with van der Waals surface area (Å²) in [6.07, 6.45) is 5.01. The summed E-state index contributed by atoms with van der Waals surface area (Å²) in [4.78, 5) is 24.0. The molecule has 5 nitrogen and oxygen atoms in total. The van der Waals surface area contributed by atoms with Crippen LogP contribution in [0.4, 0.5) is 0 Å². The third-order valence-electron chi connectivity index (χ3n) is 4.75. The van der Waals surface area contributed by atoms with Gasteiger partial charge < -0.3 is 5.32 Å². The Morgan fingerprint density at radius 2 is 2.08 bits per heavy atom. The molecule has 1 aliphatic carbocycles. The van der Waals surface area contributed by atoms with Gasteiger partial charge in [0.15, 0.2) is 0 Å². The van der Waals surface area contributed by atoms with Crippen LogP contribution in [0.5, 0.6) is 0 Å². The summed E-state index contributed by atoms with van der Waals surface area (Å²) in [6, 6.07) is 10.2. The van der Waals surface area contributed by atoms with Crippen molar-refractivity contribution < 1.29 is 4.79 Å². The summed E-state index contributed by atoms with van der Waals surface area (Å²) in [5, 5.41) is 3.17. The van der Waals surface area contributed by atoms with E-state index in [2.05, 4.69) is 20.2 Å². The lowest BCUT2D eigenvalue weighted by Gasteiger charge is -2.34. The van der Waals surface area contributed by atoms with Crippen LogP contribution in [0.2, 0.25) is 0 Å². The molecule has 0 bridgehead atoms. The zero-order valence-electron chi connectivity index (χ0n) is 13.9. The number of hydrogen-bond donors (Lipinski definition) is 1. The number of carbonyl (C=O) groups excluding carboxylic acids is 1. The van der Waals surface area contributed by atoms with Crippen molar-refractivity contribution in [1.29, 1.82) is 0 Å². The van der Waals surface area contributed by atoms with Crippen LogP contribution >= 0.6 is 0 Å². The van der Waals surface area contributed by atoms with Gasteiger partial charge in [0.1, 0.15) is 11.9 Å². The summed E-state index contributed by atoms with van der Waals surface area (Å²) in [5.41, 5.74) is 3.30. The minimum atomic E-state index is -0.254. The van der Waals surface area contributed by atoms with E-state index < -0.39 is 0 Å². The second-order valence-electron chi connectivity index (χ2n) is 6.71. The SMILES string of the molecule is Cc1ncc2c(n1)CN(C(C(=O)NC1CC1)c1ccccc1)CC2. The predicted molar refractivity (Wildman–Crippen MR) is 91.2 cm³/mol. The summed E-state index contributed by atoms with van der Waals surface area (Å²) >= 11 is 0. The van der Waals surface area contributed by atoms with Crippen molar-refractivity contribution in [2.24, 2.45) is 0 Å². The number of fused-ring (bicyclic) bond motifs is 1. The highest BCUT2D eigenvalue weighted by atomic mass is 16.2. The first-order chi connectivity index (χ1) is 11.7. The molecule has 1 atom stereocenters. The lowest BCUT2D eigenvalue weighted by atomic mass is 9.99. The molecule has 1 unspecified atom stereocenters. The second-order valence-corrected chi connectivity index (χ2v) is 6.71. The second kappa shape index (κ2) is 6.32. The third-order valence-corrected chi connectivity index (χ3v) is 4.75. The fraction of sp³-hybridized carbons (Fsp3) is 0.421. The lowest BCUT2D eigenvalue weighted by molar-refractivity contribution is -0.127. The first-order valence-corrected chi connectivity index (χ1v) is 8.61. The smallest absolute Gasteiger partial charge is 0.242 e. The van der Waals surface area contributed by atoms with Gasteiger partial charge in [-0.05, 0) is 37.3 Å². The highest BCUT2D eigenvalue weighted by Crippen LogP contribution is 2.29. The Hall–Kier alpha value is -2.27. The largest absolute Gasteiger partial charge is 0.352 e. The van der Waals surface area contributed by atoms with Gasteiger partial charge in [-0.3, -0.25) is 9.69 Å². The van der Waals surface area contributed by atoms with Gasteiger partial charge in [0, 0.05) is 25.3 Å². The number of amides is 1. The van der Waals surface area contributed by atoms with Crippen LogP contribution in [0.1, 0.15) is 41.5 Å². The van der Waals surface area contributed by atoms with Crippen LogP contribution in [0.25, 0.3) is 0 Å². The number of carbonyl (C=O) groups is 1. The van der Waals surface area contributed by atoms with Gasteiger partial charge in [0.05, 0.1) is 5.69 Å². The van der Waals surface area contributed by atoms with E-state index in [-0.39, 0.29) is 11.9 Å². The van der Waals surface area contributed by atoms with Gasteiger partial charge in [-0.15, -0.1) is 0 Å². The molecule has 5 heteroatoms. The van der Waals surface area contributed by atoms with Gasteiger partial charge in [-0.25, -0.2) is 9.97 Å². The maximum Gasteiger partial charge on any atom is 0.242 e. The molecule has 1 fully saturated rings. The Morgan fingerprint density at radius 3 is 2.83 bits per heavy atom. The van der Waals surface area contributed by atoms with Crippen LogP contribution in [0.15, 0.2) is 36.5 Å². The molecule has 0 radical (unpaired) electrons. The summed E-state index contributed by atoms with van der Waals surface area (Å²) < 4.78 is 0. The van der Waals surface area contributed by atoms with Crippen molar-refractivity contribution in [2.75, 3.05) is 6.54 Å². The summed E-state index contributed by atoms with van der Waals surface area (Å²) in [6.45, 7) is 3.45. The lowest BCUT2D eigenvalue weighted by Crippen LogP contribution is -2.43. The summed E-state index contributed by atoms with van der Waals surface area (Å²) in [5.74, 6) is 0.896. The normalized spacial score (nSPS) is 18.7. The van der Waals surface area contributed by atoms with Gasteiger partial charge in [0.25, 0.3) is 0 Å². The highest BCUT2D eigenvalue weighted by molar-refractivity contribution is 5.83. The van der Waals surface area contributed by atoms with Gasteiger partial charge in [-0.2, -0.15) is 0 Å². The van der Waals surface area contributed by atoms with Crippen LogP contribution in [0, 0.1) is 6.92 Å². The van der Waals surface area contributed by atoms with Crippen molar-refractivity contribution in [1.82, 2.24) is 20.2 Å². The number of benzene rings is 1. The average molecular weight is 322 g/mol. The zero-order chi connectivity index (χ0) is 16.5. The van der Waals surface area contributed by atoms with Crippen LogP contribution in [-0.4, -0.2) is 33.4 Å². The molecule has 1 saturated carbocycles. The van der Waals surface area contributed by atoms with Crippen molar-refractivity contribution in [3.8, 4) is 0 Å². The quantitative estimate of drug-likeness (QED) is 0.937. The van der Waals surface area contributed by atoms with Gasteiger partial charge in [-0.1, -0.05) is 30.3 Å². The number of nitrogens with zero attached hydrogens (tertiary/aromatic N) is 3. The molecule has 1 N–H and O–H groups in total. The molecule has 2 aromatic rings. The molecule has 2 aliphatic rings. The fourth-order valence-corrected chi connectivity index (χ4v) is 3.31. The van der Waals surface area contributed by atoms with E-state index in [9.17, 15) is 4.79 Å². The molecule has 2 heterocycles. The van der Waals surface area contributed by atoms with E-state index in [4.69, 9.17) is 0 Å². The number of aryl methyl sites for hydroxylation is 1. The molecule has 1 aromatic heterocycles. The Labute approximate surface area is 142 Å². The van der Waals surface area contributed by atoms with Gasteiger partial charge in [0.2, 0.25) is 5.91 Å². The highest BCUT2D eigenvalue weighted by Gasteiger charge is 2.34. The van der Waals surface area contributed by atoms with E-state index in [1.165, 1.54) is 5.56 Å². The van der Waals surface area contributed by atoms with Crippen molar-refractivity contribution >= 4 is 5.91 Å². The number of hydrogen-bond acceptors (Lipinski definition) is 4. The molecular formula is C19H22N4O. The number of nitrogens with one attached hydrogen (secondary N) is 1. The summed E-state index contributed by atoms with van der Waals surface area (Å²) in [7, 11) is 0. The Morgan fingerprint density at radius 1 is 1.29 bits per heavy atom. The molecular weight excluding hydrogens is 300 g/mol. The first kappa shape index (κ1) is 15.3. The zero-order valence-corrected chi connectivity index (χ0v) is 13.9. The van der Waals surface area contributed by atoms with Gasteiger partial charge >= 0.3 is 0 Å². The molecule has 124 valence electrons. The minimum absolute atomic E-state index is 0.109. The monoisotopic (exact) mass is 322 g/mol. The van der Waals surface area contributed by atoms with Crippen molar-refractivity contribution in [3.63, 3.8) is 0 Å². The van der Waals surface area contributed by atoms with E-state index in [1.807, 2.05) is 43.5 Å². The molecule has 0 saturated heterocycles. The first-order valence-electron chi connectivity index (χ1n) is 8.61. The topological polar surface area (TPSA) is 58.1 Å². The Balaban J connectivity index is 1.62. The molecule has 1 aromatic carbocycles. The van der Waals surface area contributed by atoms with E-state index >= 15 is 0 Å². The predicted octanol–water partition coefficient (Wildman–Crippen LogP) is 2.16. The third kappa shape index (κ3) is 3.17. The van der Waals surface area contributed by atoms with E-state index in [0.717, 1.165) is 42.9 Å². The van der Waals surface area contributed by atoms with Crippen LogP contribution in [-0.2, 0) is 17.8 Å². The minimum Gasteiger partial charge on any atom is -0.352 e. The Bertz CT molecular complexity index is 742. The van der Waals surface area contributed by atoms with Crippen molar-refractivity contribution in [3.05, 3.63) is 59.2 Å². The standard InChI is InChI=1S/C19H22N4O/c1-13-20-11-15-9-10-23(12-17(15)21-13)18(14-5-3-2-4-6-14)19(24)22-16-7-8-16/h2-6,11,16,18H,7-10,12H2,1H3,(H,22,24). The fourth-order valence-electron chi connectivity index (χ4n) is 3.31. The Kier molecular flexibility index (Phi) is 4.02. The van der Waals surface area contributed by atoms with E-state index in [1.54, 1.807) is 0 Å². The van der Waals surface area contributed by atoms with Crippen molar-refractivity contribution in [2.45, 2.75) is 44.8 Å². The average Bonchev–Trinajstić information content (AvgIpc) is 3.39.